The maximum absolute atomic E-state index is 11.7. The zero-order chi connectivity index (χ0) is 14.8. The topological polar surface area (TPSA) is 42.0 Å². The van der Waals surface area contributed by atoms with E-state index in [1.165, 1.54) is 32.1 Å². The van der Waals surface area contributed by atoms with Gasteiger partial charge < -0.3 is 5.32 Å². The number of hydrogen-bond donors (Lipinski definition) is 1. The van der Waals surface area contributed by atoms with Crippen molar-refractivity contribution in [2.75, 3.05) is 0 Å². The van der Waals surface area contributed by atoms with E-state index in [0.29, 0.717) is 18.9 Å². The fraction of sp³-hybridized carbons (Fsp3) is 0.750. The van der Waals surface area contributed by atoms with Crippen LogP contribution in [0.1, 0.15) is 82.3 Å². The van der Waals surface area contributed by atoms with E-state index in [1.54, 1.807) is 11.3 Å². The van der Waals surface area contributed by atoms with E-state index in [-0.39, 0.29) is 5.91 Å². The normalized spacial score (nSPS) is 11.0. The molecular weight excluding hydrogens is 268 g/mol. The lowest BCUT2D eigenvalue weighted by Crippen LogP contribution is -2.22. The van der Waals surface area contributed by atoms with Gasteiger partial charge >= 0.3 is 0 Å². The lowest BCUT2D eigenvalue weighted by atomic mass is 10.1. The lowest BCUT2D eigenvalue weighted by molar-refractivity contribution is -0.121. The number of carbonyl (C=O) groups excluding carboxylic acids is 1. The quantitative estimate of drug-likeness (QED) is 0.639. The highest BCUT2D eigenvalue weighted by atomic mass is 32.1. The Morgan fingerprint density at radius 2 is 1.95 bits per heavy atom. The molecule has 0 unspecified atom stereocenters. The van der Waals surface area contributed by atoms with Crippen LogP contribution in [0.4, 0.5) is 0 Å². The minimum absolute atomic E-state index is 0.152. The zero-order valence-electron chi connectivity index (χ0n) is 13.1. The largest absolute Gasteiger partial charge is 0.350 e. The summed E-state index contributed by atoms with van der Waals surface area (Å²) in [5.74, 6) is 0.618. The van der Waals surface area contributed by atoms with Crippen LogP contribution >= 0.6 is 11.3 Å². The molecule has 1 heterocycles. The molecule has 0 saturated heterocycles. The Labute approximate surface area is 127 Å². The van der Waals surface area contributed by atoms with Gasteiger partial charge in [-0.3, -0.25) is 4.79 Å². The number of carbonyl (C=O) groups is 1. The molecule has 1 amide bonds. The van der Waals surface area contributed by atoms with Gasteiger partial charge in [0, 0.05) is 17.7 Å². The first-order valence-electron chi connectivity index (χ1n) is 7.84. The van der Waals surface area contributed by atoms with Gasteiger partial charge in [-0.2, -0.15) is 0 Å². The Balaban J connectivity index is 2.10. The van der Waals surface area contributed by atoms with Gasteiger partial charge in [-0.15, -0.1) is 11.3 Å². The predicted molar refractivity (Wildman–Crippen MR) is 86.0 cm³/mol. The molecular formula is C16H28N2OS. The number of aromatic nitrogens is 1. The maximum atomic E-state index is 11.7. The first-order valence-corrected chi connectivity index (χ1v) is 8.72. The number of rotatable bonds is 10. The van der Waals surface area contributed by atoms with Crippen molar-refractivity contribution in [3.05, 3.63) is 16.1 Å². The summed E-state index contributed by atoms with van der Waals surface area (Å²) in [5.41, 5.74) is 0.981. The molecule has 1 aromatic rings. The molecule has 0 aliphatic carbocycles. The minimum Gasteiger partial charge on any atom is -0.350 e. The van der Waals surface area contributed by atoms with Crippen LogP contribution in [0.2, 0.25) is 0 Å². The summed E-state index contributed by atoms with van der Waals surface area (Å²) in [6.45, 7) is 7.06. The van der Waals surface area contributed by atoms with Crippen molar-refractivity contribution in [2.45, 2.75) is 78.2 Å². The van der Waals surface area contributed by atoms with Gasteiger partial charge in [0.2, 0.25) is 5.91 Å². The molecule has 1 rings (SSSR count). The SMILES string of the molecule is CCCCCCCCC(=O)NCc1csc(C(C)C)n1. The van der Waals surface area contributed by atoms with Crippen molar-refractivity contribution in [3.63, 3.8) is 0 Å². The molecule has 0 fully saturated rings. The van der Waals surface area contributed by atoms with E-state index in [2.05, 4.69) is 31.1 Å². The summed E-state index contributed by atoms with van der Waals surface area (Å²) < 4.78 is 0. The Bertz CT molecular complexity index is 388. The van der Waals surface area contributed by atoms with Crippen molar-refractivity contribution >= 4 is 17.2 Å². The van der Waals surface area contributed by atoms with Crippen LogP contribution in [0.5, 0.6) is 0 Å². The number of amides is 1. The van der Waals surface area contributed by atoms with Crippen LogP contribution in [0.15, 0.2) is 5.38 Å². The van der Waals surface area contributed by atoms with Gasteiger partial charge in [0.1, 0.15) is 0 Å². The molecule has 1 N–H and O–H groups in total. The Morgan fingerprint density at radius 1 is 1.25 bits per heavy atom. The number of hydrogen-bond acceptors (Lipinski definition) is 3. The van der Waals surface area contributed by atoms with E-state index < -0.39 is 0 Å². The molecule has 0 aliphatic heterocycles. The van der Waals surface area contributed by atoms with Crippen molar-refractivity contribution in [3.8, 4) is 0 Å². The van der Waals surface area contributed by atoms with Gasteiger partial charge in [-0.25, -0.2) is 4.98 Å². The number of nitrogens with zero attached hydrogens (tertiary/aromatic N) is 1. The van der Waals surface area contributed by atoms with E-state index in [1.807, 2.05) is 5.38 Å². The predicted octanol–water partition coefficient (Wildman–Crippen LogP) is 4.63. The summed E-state index contributed by atoms with van der Waals surface area (Å²) in [5, 5.41) is 6.14. The zero-order valence-corrected chi connectivity index (χ0v) is 13.9. The third-order valence-corrected chi connectivity index (χ3v) is 4.48. The smallest absolute Gasteiger partial charge is 0.220 e. The molecule has 4 heteroatoms. The second-order valence-corrected chi connectivity index (χ2v) is 6.52. The Kier molecular flexibility index (Phi) is 8.51. The van der Waals surface area contributed by atoms with Crippen molar-refractivity contribution < 1.29 is 4.79 Å². The summed E-state index contributed by atoms with van der Waals surface area (Å²) in [7, 11) is 0. The molecule has 0 aliphatic rings. The van der Waals surface area contributed by atoms with Crippen LogP contribution in [-0.2, 0) is 11.3 Å². The first kappa shape index (κ1) is 17.2. The average molecular weight is 296 g/mol. The number of thiazole rings is 1. The highest BCUT2D eigenvalue weighted by Gasteiger charge is 2.07. The van der Waals surface area contributed by atoms with Crippen LogP contribution < -0.4 is 5.32 Å². The van der Waals surface area contributed by atoms with Gasteiger partial charge in [0.15, 0.2) is 0 Å². The summed E-state index contributed by atoms with van der Waals surface area (Å²) >= 11 is 1.68. The van der Waals surface area contributed by atoms with Crippen molar-refractivity contribution in [1.29, 1.82) is 0 Å². The second kappa shape index (κ2) is 9.92. The molecule has 20 heavy (non-hydrogen) atoms. The number of unbranched alkanes of at least 4 members (excludes halogenated alkanes) is 5. The van der Waals surface area contributed by atoms with Gasteiger partial charge in [-0.1, -0.05) is 52.9 Å². The van der Waals surface area contributed by atoms with Gasteiger partial charge in [0.05, 0.1) is 17.2 Å². The van der Waals surface area contributed by atoms with Crippen LogP contribution in [0.3, 0.4) is 0 Å². The molecule has 0 atom stereocenters. The second-order valence-electron chi connectivity index (χ2n) is 5.63. The number of nitrogens with one attached hydrogen (secondary N) is 1. The Morgan fingerprint density at radius 3 is 2.60 bits per heavy atom. The third-order valence-electron chi connectivity index (χ3n) is 3.29. The molecule has 0 spiro atoms. The third kappa shape index (κ3) is 7.04. The van der Waals surface area contributed by atoms with Gasteiger partial charge in [0.25, 0.3) is 0 Å². The molecule has 114 valence electrons. The maximum Gasteiger partial charge on any atom is 0.220 e. The van der Waals surface area contributed by atoms with Crippen LogP contribution in [0, 0.1) is 0 Å². The minimum atomic E-state index is 0.152. The first-order chi connectivity index (χ1) is 9.63. The summed E-state index contributed by atoms with van der Waals surface area (Å²) in [6.07, 6.45) is 7.96. The molecule has 0 bridgehead atoms. The molecule has 1 aromatic heterocycles. The van der Waals surface area contributed by atoms with E-state index in [4.69, 9.17) is 0 Å². The average Bonchev–Trinajstić information content (AvgIpc) is 2.89. The molecule has 0 radical (unpaired) electrons. The fourth-order valence-electron chi connectivity index (χ4n) is 2.01. The lowest BCUT2D eigenvalue weighted by Gasteiger charge is -2.03. The summed E-state index contributed by atoms with van der Waals surface area (Å²) in [6, 6.07) is 0. The van der Waals surface area contributed by atoms with Crippen molar-refractivity contribution in [2.24, 2.45) is 0 Å². The molecule has 3 nitrogen and oxygen atoms in total. The Hall–Kier alpha value is -0.900. The van der Waals surface area contributed by atoms with Crippen LogP contribution in [-0.4, -0.2) is 10.9 Å². The standard InChI is InChI=1S/C16H28N2OS/c1-4-5-6-7-8-9-10-15(19)17-11-14-12-20-16(18-14)13(2)3/h12-13H,4-11H2,1-3H3,(H,17,19). The van der Waals surface area contributed by atoms with Crippen molar-refractivity contribution in [1.82, 2.24) is 10.3 Å². The van der Waals surface area contributed by atoms with Gasteiger partial charge in [-0.05, 0) is 6.42 Å². The summed E-state index contributed by atoms with van der Waals surface area (Å²) in [4.78, 5) is 16.2. The highest BCUT2D eigenvalue weighted by Crippen LogP contribution is 2.18. The highest BCUT2D eigenvalue weighted by molar-refractivity contribution is 7.09. The van der Waals surface area contributed by atoms with E-state index in [0.717, 1.165) is 17.1 Å². The molecule has 0 saturated carbocycles. The monoisotopic (exact) mass is 296 g/mol. The fourth-order valence-corrected chi connectivity index (χ4v) is 2.85. The van der Waals surface area contributed by atoms with Crippen LogP contribution in [0.25, 0.3) is 0 Å². The van der Waals surface area contributed by atoms with E-state index >= 15 is 0 Å². The molecule has 0 aromatic carbocycles. The van der Waals surface area contributed by atoms with E-state index in [9.17, 15) is 4.79 Å².